The molecule has 0 bridgehead atoms. The highest BCUT2D eigenvalue weighted by atomic mass is 16.5. The summed E-state index contributed by atoms with van der Waals surface area (Å²) in [7, 11) is 0. The zero-order valence-electron chi connectivity index (χ0n) is 11.9. The van der Waals surface area contributed by atoms with Crippen LogP contribution in [0.25, 0.3) is 0 Å². The molecule has 1 N–H and O–H groups in total. The number of rotatable bonds is 6. The van der Waals surface area contributed by atoms with Crippen molar-refractivity contribution in [3.8, 4) is 0 Å². The highest BCUT2D eigenvalue weighted by Crippen LogP contribution is 2.22. The number of hydrogen-bond acceptors (Lipinski definition) is 4. The van der Waals surface area contributed by atoms with E-state index < -0.39 is 6.10 Å². The Hall–Kier alpha value is -0.650. The number of aliphatic hydroxyl groups is 1. The van der Waals surface area contributed by atoms with Crippen LogP contribution in [0.5, 0.6) is 0 Å². The maximum absolute atomic E-state index is 11.7. The Morgan fingerprint density at radius 2 is 2.11 bits per heavy atom. The molecule has 0 aromatic carbocycles. The van der Waals surface area contributed by atoms with Gasteiger partial charge in [-0.1, -0.05) is 0 Å². The second-order valence-corrected chi connectivity index (χ2v) is 5.54. The topological polar surface area (TPSA) is 53.0 Å². The molecule has 2 saturated heterocycles. The summed E-state index contributed by atoms with van der Waals surface area (Å²) in [6.07, 6.45) is 3.42. The lowest BCUT2D eigenvalue weighted by Gasteiger charge is -2.37. The Morgan fingerprint density at radius 1 is 1.37 bits per heavy atom. The molecule has 1 amide bonds. The number of piperidine rings is 1. The number of carbonyl (C=O) groups is 1. The Morgan fingerprint density at radius 3 is 2.68 bits per heavy atom. The van der Waals surface area contributed by atoms with Gasteiger partial charge in [-0.25, -0.2) is 0 Å². The van der Waals surface area contributed by atoms with E-state index in [0.29, 0.717) is 31.7 Å². The van der Waals surface area contributed by atoms with E-state index in [4.69, 9.17) is 4.74 Å². The van der Waals surface area contributed by atoms with Gasteiger partial charge in [-0.05, 0) is 26.2 Å². The zero-order chi connectivity index (χ0) is 13.7. The molecular weight excluding hydrogens is 244 g/mol. The molecule has 5 heteroatoms. The predicted octanol–water partition coefficient (Wildman–Crippen LogP) is 0.471. The number of likely N-dealkylation sites (tertiary alicyclic amines) is 2. The lowest BCUT2D eigenvalue weighted by Crippen LogP contribution is -2.47. The smallest absolute Gasteiger partial charge is 0.222 e. The fourth-order valence-corrected chi connectivity index (χ4v) is 3.07. The fraction of sp³-hybridized carbons (Fsp3) is 0.929. The van der Waals surface area contributed by atoms with E-state index in [1.54, 1.807) is 0 Å². The molecule has 2 aliphatic rings. The van der Waals surface area contributed by atoms with Gasteiger partial charge in [0.2, 0.25) is 5.91 Å². The number of aliphatic hydroxyl groups excluding tert-OH is 1. The Kier molecular flexibility index (Phi) is 5.60. The van der Waals surface area contributed by atoms with Crippen LogP contribution in [0.1, 0.15) is 32.6 Å². The fourth-order valence-electron chi connectivity index (χ4n) is 3.07. The zero-order valence-corrected chi connectivity index (χ0v) is 11.9. The molecule has 1 unspecified atom stereocenters. The van der Waals surface area contributed by atoms with Gasteiger partial charge < -0.3 is 19.6 Å². The van der Waals surface area contributed by atoms with Gasteiger partial charge in [0.1, 0.15) is 0 Å². The molecule has 19 heavy (non-hydrogen) atoms. The van der Waals surface area contributed by atoms with Crippen molar-refractivity contribution in [3.05, 3.63) is 0 Å². The largest absolute Gasteiger partial charge is 0.389 e. The van der Waals surface area contributed by atoms with Crippen LogP contribution >= 0.6 is 0 Å². The Bertz CT molecular complexity index is 290. The number of nitrogens with zero attached hydrogens (tertiary/aromatic N) is 2. The number of amides is 1. The molecule has 2 rings (SSSR count). The van der Waals surface area contributed by atoms with Crippen LogP contribution in [0, 0.1) is 0 Å². The minimum atomic E-state index is -0.398. The molecular formula is C14H26N2O3. The maximum atomic E-state index is 11.7. The standard InChI is InChI=1S/C14H26N2O3/c1-2-19-11-13(17)10-15-8-5-12(6-9-15)16-7-3-4-14(16)18/h12-13,17H,2-11H2,1H3. The monoisotopic (exact) mass is 270 g/mol. The van der Waals surface area contributed by atoms with Crippen LogP contribution in [0.2, 0.25) is 0 Å². The third-order valence-corrected chi connectivity index (χ3v) is 4.09. The van der Waals surface area contributed by atoms with E-state index in [2.05, 4.69) is 9.80 Å². The molecule has 1 atom stereocenters. The molecule has 0 aromatic rings. The quantitative estimate of drug-likeness (QED) is 0.762. The Balaban J connectivity index is 1.68. The first-order valence-corrected chi connectivity index (χ1v) is 7.48. The summed E-state index contributed by atoms with van der Waals surface area (Å²) in [4.78, 5) is 16.0. The number of ether oxygens (including phenoxy) is 1. The molecule has 0 radical (unpaired) electrons. The normalized spacial score (nSPS) is 24.1. The molecule has 0 aliphatic carbocycles. The highest BCUT2D eigenvalue weighted by molar-refractivity contribution is 5.78. The minimum absolute atomic E-state index is 0.329. The van der Waals surface area contributed by atoms with E-state index in [1.165, 1.54) is 0 Å². The second-order valence-electron chi connectivity index (χ2n) is 5.54. The van der Waals surface area contributed by atoms with Crippen LogP contribution < -0.4 is 0 Å². The van der Waals surface area contributed by atoms with E-state index in [9.17, 15) is 9.90 Å². The van der Waals surface area contributed by atoms with E-state index in [1.807, 2.05) is 6.92 Å². The lowest BCUT2D eigenvalue weighted by atomic mass is 10.0. The highest BCUT2D eigenvalue weighted by Gasteiger charge is 2.30. The van der Waals surface area contributed by atoms with Gasteiger partial charge in [-0.3, -0.25) is 4.79 Å². The van der Waals surface area contributed by atoms with Crippen molar-refractivity contribution in [1.82, 2.24) is 9.80 Å². The molecule has 2 aliphatic heterocycles. The van der Waals surface area contributed by atoms with Gasteiger partial charge >= 0.3 is 0 Å². The predicted molar refractivity (Wildman–Crippen MR) is 72.9 cm³/mol. The van der Waals surface area contributed by atoms with Gasteiger partial charge in [-0.2, -0.15) is 0 Å². The van der Waals surface area contributed by atoms with Gasteiger partial charge in [-0.15, -0.1) is 0 Å². The van der Waals surface area contributed by atoms with Crippen molar-refractivity contribution in [2.75, 3.05) is 39.4 Å². The molecule has 110 valence electrons. The van der Waals surface area contributed by atoms with Crippen LogP contribution in [0.4, 0.5) is 0 Å². The van der Waals surface area contributed by atoms with E-state index >= 15 is 0 Å². The first-order chi connectivity index (χ1) is 9.20. The van der Waals surface area contributed by atoms with E-state index in [-0.39, 0.29) is 0 Å². The molecule has 5 nitrogen and oxygen atoms in total. The van der Waals surface area contributed by atoms with Gasteiger partial charge in [0.25, 0.3) is 0 Å². The van der Waals surface area contributed by atoms with Crippen molar-refractivity contribution < 1.29 is 14.6 Å². The summed E-state index contributed by atoms with van der Waals surface area (Å²) >= 11 is 0. The summed E-state index contributed by atoms with van der Waals surface area (Å²) in [5.74, 6) is 0.329. The van der Waals surface area contributed by atoms with Crippen molar-refractivity contribution in [3.63, 3.8) is 0 Å². The molecule has 0 saturated carbocycles. The first-order valence-electron chi connectivity index (χ1n) is 7.48. The van der Waals surface area contributed by atoms with Gasteiger partial charge in [0.15, 0.2) is 0 Å². The average Bonchev–Trinajstić information content (AvgIpc) is 2.83. The summed E-state index contributed by atoms with van der Waals surface area (Å²) in [6, 6.07) is 0.426. The van der Waals surface area contributed by atoms with E-state index in [0.717, 1.165) is 45.3 Å². The number of hydrogen-bond donors (Lipinski definition) is 1. The van der Waals surface area contributed by atoms with Crippen LogP contribution in [0.15, 0.2) is 0 Å². The summed E-state index contributed by atoms with van der Waals surface area (Å²) < 4.78 is 5.22. The van der Waals surface area contributed by atoms with Crippen molar-refractivity contribution >= 4 is 5.91 Å². The number of carbonyl (C=O) groups excluding carboxylic acids is 1. The molecule has 0 aromatic heterocycles. The Labute approximate surface area is 115 Å². The summed E-state index contributed by atoms with van der Waals surface area (Å²) in [5, 5.41) is 9.82. The second kappa shape index (κ2) is 7.22. The molecule has 0 spiro atoms. The number of β-amino-alcohol motifs (C(OH)–C–C–N with tert-alkyl or cyclic N) is 1. The summed E-state index contributed by atoms with van der Waals surface area (Å²) in [5.41, 5.74) is 0. The van der Waals surface area contributed by atoms with Crippen molar-refractivity contribution in [2.45, 2.75) is 44.8 Å². The SMILES string of the molecule is CCOCC(O)CN1CCC(N2CCCC2=O)CC1. The average molecular weight is 270 g/mol. The van der Waals surface area contributed by atoms with Crippen LogP contribution in [-0.4, -0.2) is 72.4 Å². The summed E-state index contributed by atoms with van der Waals surface area (Å²) in [6.45, 7) is 6.56. The molecule has 2 heterocycles. The van der Waals surface area contributed by atoms with Crippen LogP contribution in [0.3, 0.4) is 0 Å². The maximum Gasteiger partial charge on any atom is 0.222 e. The third-order valence-electron chi connectivity index (χ3n) is 4.09. The van der Waals surface area contributed by atoms with Crippen molar-refractivity contribution in [2.24, 2.45) is 0 Å². The first kappa shape index (κ1) is 14.8. The van der Waals surface area contributed by atoms with Crippen LogP contribution in [-0.2, 0) is 9.53 Å². The van der Waals surface area contributed by atoms with Gasteiger partial charge in [0.05, 0.1) is 12.7 Å². The third kappa shape index (κ3) is 4.16. The van der Waals surface area contributed by atoms with Gasteiger partial charge in [0, 0.05) is 45.2 Å². The van der Waals surface area contributed by atoms with Crippen molar-refractivity contribution in [1.29, 1.82) is 0 Å². The molecule has 2 fully saturated rings. The minimum Gasteiger partial charge on any atom is -0.389 e. The lowest BCUT2D eigenvalue weighted by molar-refractivity contribution is -0.130.